The maximum absolute atomic E-state index is 13.5. The molecule has 0 unspecified atom stereocenters. The molecule has 2 aromatic heterocycles. The maximum atomic E-state index is 13.5. The van der Waals surface area contributed by atoms with Gasteiger partial charge in [0, 0.05) is 23.0 Å². The van der Waals surface area contributed by atoms with Crippen molar-refractivity contribution in [3.63, 3.8) is 0 Å². The zero-order chi connectivity index (χ0) is 24.5. The van der Waals surface area contributed by atoms with Crippen molar-refractivity contribution in [2.45, 2.75) is 38.1 Å². The Hall–Kier alpha value is -2.87. The first-order valence-electron chi connectivity index (χ1n) is 11.8. The van der Waals surface area contributed by atoms with Crippen molar-refractivity contribution in [2.75, 3.05) is 19.6 Å². The number of nitrogens with zero attached hydrogens (tertiary/aromatic N) is 5. The fraction of sp³-hybridized carbons (Fsp3) is 0.296. The number of hydrogen-bond acceptors (Lipinski definition) is 5. The Kier molecular flexibility index (Phi) is 6.82. The second-order valence-electron chi connectivity index (χ2n) is 8.90. The zero-order valence-corrected chi connectivity index (χ0v) is 21.6. The minimum Gasteiger partial charge on any atom is -0.327 e. The number of imidazole rings is 1. The third kappa shape index (κ3) is 4.94. The van der Waals surface area contributed by atoms with Crippen molar-refractivity contribution in [3.05, 3.63) is 87.8 Å². The monoisotopic (exact) mass is 505 g/mol. The van der Waals surface area contributed by atoms with Gasteiger partial charge in [0.1, 0.15) is 12.2 Å². The number of fused-ring (bicyclic) bond motifs is 1. The zero-order valence-electron chi connectivity index (χ0n) is 20.0. The van der Waals surface area contributed by atoms with Gasteiger partial charge in [-0.05, 0) is 75.7 Å². The van der Waals surface area contributed by atoms with Gasteiger partial charge in [0.15, 0.2) is 0 Å². The first-order valence-corrected chi connectivity index (χ1v) is 13.0. The molecule has 4 aromatic rings. The van der Waals surface area contributed by atoms with Gasteiger partial charge in [0.2, 0.25) is 0 Å². The highest BCUT2D eigenvalue weighted by Crippen LogP contribution is 2.33. The van der Waals surface area contributed by atoms with Crippen LogP contribution in [0.1, 0.15) is 29.9 Å². The van der Waals surface area contributed by atoms with Gasteiger partial charge in [-0.25, -0.2) is 9.97 Å². The summed E-state index contributed by atoms with van der Waals surface area (Å²) in [6.45, 7) is 12.4. The van der Waals surface area contributed by atoms with E-state index in [1.165, 1.54) is 37.7 Å². The number of benzene rings is 2. The molecular weight excluding hydrogens is 478 g/mol. The number of aryl methyl sites for hydroxylation is 2. The predicted octanol–water partition coefficient (Wildman–Crippen LogP) is 5.71. The van der Waals surface area contributed by atoms with Crippen molar-refractivity contribution >= 4 is 39.3 Å². The van der Waals surface area contributed by atoms with E-state index in [2.05, 4.69) is 27.1 Å². The Morgan fingerprint density at radius 3 is 2.57 bits per heavy atom. The van der Waals surface area contributed by atoms with Gasteiger partial charge in [0.05, 0.1) is 27.3 Å². The molecule has 0 bridgehead atoms. The molecule has 0 saturated carbocycles. The molecule has 0 spiro atoms. The Labute approximate surface area is 214 Å². The van der Waals surface area contributed by atoms with Crippen LogP contribution in [0.5, 0.6) is 0 Å². The number of aromatic nitrogens is 4. The van der Waals surface area contributed by atoms with E-state index in [1.54, 1.807) is 10.9 Å². The van der Waals surface area contributed by atoms with Crippen LogP contribution in [-0.2, 0) is 6.54 Å². The average molecular weight is 506 g/mol. The summed E-state index contributed by atoms with van der Waals surface area (Å²) >= 11 is 7.34. The van der Waals surface area contributed by atoms with Crippen LogP contribution in [0.25, 0.3) is 21.6 Å². The molecule has 1 aliphatic rings. The number of thioether (sulfide) groups is 1. The molecule has 0 aliphatic carbocycles. The second-order valence-corrected chi connectivity index (χ2v) is 10.4. The Morgan fingerprint density at radius 1 is 1.09 bits per heavy atom. The van der Waals surface area contributed by atoms with Crippen LogP contribution in [0.15, 0.2) is 65.1 Å². The molecule has 6 nitrogen and oxygen atoms in total. The van der Waals surface area contributed by atoms with E-state index in [4.69, 9.17) is 16.6 Å². The van der Waals surface area contributed by atoms with E-state index in [0.29, 0.717) is 15.6 Å². The summed E-state index contributed by atoms with van der Waals surface area (Å²) in [5.74, 6) is 0.987. The second kappa shape index (κ2) is 10.0. The lowest BCUT2D eigenvalue weighted by molar-refractivity contribution is 0.323. The number of likely N-dealkylation sites (tertiary alicyclic amines) is 1. The topological polar surface area (TPSA) is 56.0 Å². The van der Waals surface area contributed by atoms with Crippen LogP contribution in [0.3, 0.4) is 0 Å². The summed E-state index contributed by atoms with van der Waals surface area (Å²) in [5, 5.41) is 0.663. The Bertz CT molecular complexity index is 1450. The van der Waals surface area contributed by atoms with Gasteiger partial charge in [-0.3, -0.25) is 9.36 Å². The Morgan fingerprint density at radius 2 is 1.83 bits per heavy atom. The molecule has 0 N–H and O–H groups in total. The van der Waals surface area contributed by atoms with Gasteiger partial charge in [-0.2, -0.15) is 0 Å². The van der Waals surface area contributed by atoms with Crippen LogP contribution in [0.4, 0.5) is 0 Å². The predicted molar refractivity (Wildman–Crippen MR) is 145 cm³/mol. The average Bonchev–Trinajstić information content (AvgIpc) is 3.47. The van der Waals surface area contributed by atoms with Crippen molar-refractivity contribution in [1.29, 1.82) is 0 Å². The SMILES string of the molecule is C=C(Sc1c(C)ncn(-c2ccc3c(c2)nc(C)n3CCN2CCCC2)c1=O)c1ccc(Cl)cc1. The van der Waals surface area contributed by atoms with Gasteiger partial charge >= 0.3 is 0 Å². The van der Waals surface area contributed by atoms with E-state index in [1.807, 2.05) is 50.2 Å². The van der Waals surface area contributed by atoms with E-state index in [-0.39, 0.29) is 5.56 Å². The van der Waals surface area contributed by atoms with E-state index in [9.17, 15) is 4.79 Å². The molecule has 1 fully saturated rings. The summed E-state index contributed by atoms with van der Waals surface area (Å²) in [6, 6.07) is 13.4. The van der Waals surface area contributed by atoms with Gasteiger partial charge in [-0.1, -0.05) is 42.1 Å². The summed E-state index contributed by atoms with van der Waals surface area (Å²) in [6.07, 6.45) is 4.17. The van der Waals surface area contributed by atoms with Crippen molar-refractivity contribution in [2.24, 2.45) is 0 Å². The molecule has 1 aliphatic heterocycles. The van der Waals surface area contributed by atoms with E-state index < -0.39 is 0 Å². The molecule has 5 rings (SSSR count). The van der Waals surface area contributed by atoms with Crippen LogP contribution >= 0.6 is 23.4 Å². The molecule has 3 heterocycles. The molecular formula is C27H28ClN5OS. The highest BCUT2D eigenvalue weighted by Gasteiger charge is 2.16. The van der Waals surface area contributed by atoms with Gasteiger partial charge in [-0.15, -0.1) is 0 Å². The lowest BCUT2D eigenvalue weighted by atomic mass is 10.2. The van der Waals surface area contributed by atoms with Crippen LogP contribution < -0.4 is 5.56 Å². The minimum atomic E-state index is -0.123. The number of hydrogen-bond donors (Lipinski definition) is 0. The minimum absolute atomic E-state index is 0.123. The van der Waals surface area contributed by atoms with Gasteiger partial charge < -0.3 is 9.47 Å². The lowest BCUT2D eigenvalue weighted by Gasteiger charge is -2.16. The molecule has 2 aromatic carbocycles. The summed E-state index contributed by atoms with van der Waals surface area (Å²) in [7, 11) is 0. The van der Waals surface area contributed by atoms with E-state index in [0.717, 1.165) is 46.1 Å². The highest BCUT2D eigenvalue weighted by molar-refractivity contribution is 8.08. The summed E-state index contributed by atoms with van der Waals surface area (Å²) < 4.78 is 3.85. The molecule has 180 valence electrons. The van der Waals surface area contributed by atoms with Crippen molar-refractivity contribution in [3.8, 4) is 5.69 Å². The van der Waals surface area contributed by atoms with Crippen molar-refractivity contribution in [1.82, 2.24) is 24.0 Å². The highest BCUT2D eigenvalue weighted by atomic mass is 35.5. The van der Waals surface area contributed by atoms with Crippen LogP contribution in [0, 0.1) is 13.8 Å². The smallest absolute Gasteiger partial charge is 0.272 e. The third-order valence-electron chi connectivity index (χ3n) is 6.54. The number of halogens is 1. The van der Waals surface area contributed by atoms with Crippen molar-refractivity contribution < 1.29 is 0 Å². The fourth-order valence-electron chi connectivity index (χ4n) is 4.56. The Balaban J connectivity index is 1.43. The van der Waals surface area contributed by atoms with E-state index >= 15 is 0 Å². The normalized spacial score (nSPS) is 14.1. The first kappa shape index (κ1) is 23.9. The molecule has 0 radical (unpaired) electrons. The summed E-state index contributed by atoms with van der Waals surface area (Å²) in [4.78, 5) is 26.6. The molecule has 0 amide bonds. The maximum Gasteiger partial charge on any atom is 0.272 e. The largest absolute Gasteiger partial charge is 0.327 e. The summed E-state index contributed by atoms with van der Waals surface area (Å²) in [5.41, 5.74) is 4.19. The van der Waals surface area contributed by atoms with Gasteiger partial charge in [0.25, 0.3) is 5.56 Å². The standard InChI is InChI=1S/C27H28ClN5OS/c1-18-26(35-19(2)21-6-8-22(28)9-7-21)27(34)33(17-29-18)23-10-11-25-24(16-23)30-20(3)32(25)15-14-31-12-4-5-13-31/h6-11,16-17H,2,4-5,12-15H2,1,3H3. The van der Waals surface area contributed by atoms with Crippen LogP contribution in [0.2, 0.25) is 5.02 Å². The molecule has 35 heavy (non-hydrogen) atoms. The lowest BCUT2D eigenvalue weighted by Crippen LogP contribution is -2.24. The molecule has 8 heteroatoms. The first-order chi connectivity index (χ1) is 16.9. The number of rotatable bonds is 7. The fourth-order valence-corrected chi connectivity index (χ4v) is 5.57. The quantitative estimate of drug-likeness (QED) is 0.301. The molecule has 0 atom stereocenters. The molecule has 1 saturated heterocycles. The van der Waals surface area contributed by atoms with Crippen LogP contribution in [-0.4, -0.2) is 43.6 Å². The third-order valence-corrected chi connectivity index (χ3v) is 7.95.